The van der Waals surface area contributed by atoms with Crippen molar-refractivity contribution >= 4 is 25.7 Å². The second-order valence-corrected chi connectivity index (χ2v) is 6.32. The molecule has 1 rings (SSSR count). The van der Waals surface area contributed by atoms with Crippen molar-refractivity contribution in [3.63, 3.8) is 0 Å². The minimum Gasteiger partial charge on any atom is -0.493 e. The van der Waals surface area contributed by atoms with Crippen molar-refractivity contribution in [2.75, 3.05) is 21.3 Å². The van der Waals surface area contributed by atoms with Crippen molar-refractivity contribution < 1.29 is 27.4 Å². The molecule has 0 heterocycles. The van der Waals surface area contributed by atoms with Crippen LogP contribution < -0.4 is 9.47 Å². The molecular weight excluding hydrogens is 296 g/mol. The van der Waals surface area contributed by atoms with E-state index in [2.05, 4.69) is 4.74 Å². The van der Waals surface area contributed by atoms with E-state index in [9.17, 15) is 13.2 Å². The van der Waals surface area contributed by atoms with Gasteiger partial charge in [-0.05, 0) is 12.1 Å². The van der Waals surface area contributed by atoms with Crippen LogP contribution in [0.3, 0.4) is 0 Å². The smallest absolute Gasteiger partial charge is 0.337 e. The molecule has 0 aromatic heterocycles. The van der Waals surface area contributed by atoms with E-state index in [4.69, 9.17) is 20.2 Å². The molecule has 19 heavy (non-hydrogen) atoms. The summed E-state index contributed by atoms with van der Waals surface area (Å²) in [7, 11) is 5.37. The molecule has 0 bridgehead atoms. The predicted octanol–water partition coefficient (Wildman–Crippen LogP) is 1.56. The SMILES string of the molecule is COC(=O)c1cc(CS(=O)(=O)Cl)c(OC)c(OC)c1. The lowest BCUT2D eigenvalue weighted by Gasteiger charge is -2.13. The average molecular weight is 309 g/mol. The summed E-state index contributed by atoms with van der Waals surface area (Å²) in [6.07, 6.45) is 0. The molecule has 0 fully saturated rings. The van der Waals surface area contributed by atoms with E-state index < -0.39 is 20.8 Å². The van der Waals surface area contributed by atoms with Gasteiger partial charge in [0.15, 0.2) is 11.5 Å². The van der Waals surface area contributed by atoms with Crippen LogP contribution in [0.4, 0.5) is 0 Å². The number of esters is 1. The third kappa shape index (κ3) is 4.00. The molecule has 0 unspecified atom stereocenters. The highest BCUT2D eigenvalue weighted by molar-refractivity contribution is 8.13. The van der Waals surface area contributed by atoms with Crippen LogP contribution >= 0.6 is 10.7 Å². The van der Waals surface area contributed by atoms with Crippen molar-refractivity contribution in [1.82, 2.24) is 0 Å². The molecule has 1 aromatic rings. The van der Waals surface area contributed by atoms with Crippen LogP contribution in [0.5, 0.6) is 11.5 Å². The molecule has 0 spiro atoms. The maximum atomic E-state index is 11.5. The average Bonchev–Trinajstić information content (AvgIpc) is 2.34. The van der Waals surface area contributed by atoms with Gasteiger partial charge in [0.25, 0.3) is 0 Å². The number of halogens is 1. The van der Waals surface area contributed by atoms with Crippen molar-refractivity contribution in [3.05, 3.63) is 23.3 Å². The van der Waals surface area contributed by atoms with Crippen LogP contribution in [0, 0.1) is 0 Å². The Balaban J connectivity index is 3.43. The second-order valence-electron chi connectivity index (χ2n) is 3.55. The molecule has 8 heteroatoms. The minimum atomic E-state index is -3.80. The Bertz CT molecular complexity index is 581. The fraction of sp³-hybridized carbons (Fsp3) is 0.364. The summed E-state index contributed by atoms with van der Waals surface area (Å²) in [6, 6.07) is 2.74. The Hall–Kier alpha value is -1.47. The van der Waals surface area contributed by atoms with Gasteiger partial charge in [0.2, 0.25) is 9.05 Å². The zero-order valence-electron chi connectivity index (χ0n) is 10.6. The van der Waals surface area contributed by atoms with Crippen LogP contribution in [-0.2, 0) is 19.5 Å². The van der Waals surface area contributed by atoms with Crippen molar-refractivity contribution in [2.24, 2.45) is 0 Å². The number of hydrogen-bond acceptors (Lipinski definition) is 6. The van der Waals surface area contributed by atoms with E-state index >= 15 is 0 Å². The fourth-order valence-electron chi connectivity index (χ4n) is 1.57. The first-order valence-electron chi connectivity index (χ1n) is 5.08. The van der Waals surface area contributed by atoms with Gasteiger partial charge in [0.05, 0.1) is 32.6 Å². The number of carbonyl (C=O) groups is 1. The van der Waals surface area contributed by atoms with Gasteiger partial charge in [-0.1, -0.05) is 0 Å². The first kappa shape index (κ1) is 15.6. The van der Waals surface area contributed by atoms with Gasteiger partial charge < -0.3 is 14.2 Å². The molecule has 0 radical (unpaired) electrons. The maximum Gasteiger partial charge on any atom is 0.337 e. The summed E-state index contributed by atoms with van der Waals surface area (Å²) in [5.41, 5.74) is 0.368. The number of carbonyl (C=O) groups excluding carboxylic acids is 1. The number of ether oxygens (including phenoxy) is 3. The Kier molecular flexibility index (Phi) is 5.02. The van der Waals surface area contributed by atoms with E-state index in [1.165, 1.54) is 33.5 Å². The van der Waals surface area contributed by atoms with Gasteiger partial charge in [-0.25, -0.2) is 13.2 Å². The summed E-state index contributed by atoms with van der Waals surface area (Å²) >= 11 is 0. The summed E-state index contributed by atoms with van der Waals surface area (Å²) in [5.74, 6) is -0.673. The summed E-state index contributed by atoms with van der Waals surface area (Å²) < 4.78 is 37.1. The van der Waals surface area contributed by atoms with Gasteiger partial charge in [-0.3, -0.25) is 0 Å². The Morgan fingerprint density at radius 2 is 1.84 bits per heavy atom. The lowest BCUT2D eigenvalue weighted by atomic mass is 10.1. The normalized spacial score (nSPS) is 10.9. The summed E-state index contributed by atoms with van der Waals surface area (Å²) in [6.45, 7) is 0. The molecule has 0 N–H and O–H groups in total. The highest BCUT2D eigenvalue weighted by atomic mass is 35.7. The standard InChI is InChI=1S/C11H13ClO6S/c1-16-9-5-7(11(13)18-3)4-8(10(9)17-2)6-19(12,14)15/h4-5H,6H2,1-3H3. The molecule has 0 aliphatic heterocycles. The first-order valence-corrected chi connectivity index (χ1v) is 7.55. The molecule has 0 saturated carbocycles. The van der Waals surface area contributed by atoms with E-state index in [-0.39, 0.29) is 22.6 Å². The third-order valence-corrected chi connectivity index (χ3v) is 3.29. The predicted molar refractivity (Wildman–Crippen MR) is 69.4 cm³/mol. The number of methoxy groups -OCH3 is 3. The molecule has 0 aliphatic rings. The zero-order valence-corrected chi connectivity index (χ0v) is 12.2. The summed E-state index contributed by atoms with van der Waals surface area (Å²) in [4.78, 5) is 11.5. The molecule has 1 aromatic carbocycles. The second kappa shape index (κ2) is 6.12. The molecule has 0 atom stereocenters. The van der Waals surface area contributed by atoms with E-state index in [1.54, 1.807) is 0 Å². The largest absolute Gasteiger partial charge is 0.493 e. The highest BCUT2D eigenvalue weighted by Gasteiger charge is 2.20. The van der Waals surface area contributed by atoms with Gasteiger partial charge in [0.1, 0.15) is 0 Å². The minimum absolute atomic E-state index is 0.149. The monoisotopic (exact) mass is 308 g/mol. The highest BCUT2D eigenvalue weighted by Crippen LogP contribution is 2.34. The Labute approximate surface area is 115 Å². The molecule has 6 nitrogen and oxygen atoms in total. The van der Waals surface area contributed by atoms with E-state index in [0.29, 0.717) is 0 Å². The molecule has 106 valence electrons. The lowest BCUT2D eigenvalue weighted by molar-refractivity contribution is 0.0600. The van der Waals surface area contributed by atoms with E-state index in [1.807, 2.05) is 0 Å². The van der Waals surface area contributed by atoms with Crippen LogP contribution in [0.15, 0.2) is 12.1 Å². The zero-order chi connectivity index (χ0) is 14.6. The lowest BCUT2D eigenvalue weighted by Crippen LogP contribution is -2.06. The van der Waals surface area contributed by atoms with Crippen LogP contribution in [0.25, 0.3) is 0 Å². The Morgan fingerprint density at radius 1 is 1.21 bits per heavy atom. The van der Waals surface area contributed by atoms with Gasteiger partial charge >= 0.3 is 5.97 Å². The van der Waals surface area contributed by atoms with Gasteiger partial charge in [-0.2, -0.15) is 0 Å². The van der Waals surface area contributed by atoms with Gasteiger partial charge in [-0.15, -0.1) is 0 Å². The Morgan fingerprint density at radius 3 is 2.26 bits per heavy atom. The topological polar surface area (TPSA) is 78.9 Å². The van der Waals surface area contributed by atoms with Crippen LogP contribution in [0.1, 0.15) is 15.9 Å². The quantitative estimate of drug-likeness (QED) is 0.606. The number of benzene rings is 1. The van der Waals surface area contributed by atoms with E-state index in [0.717, 1.165) is 0 Å². The van der Waals surface area contributed by atoms with Crippen molar-refractivity contribution in [3.8, 4) is 11.5 Å². The van der Waals surface area contributed by atoms with Crippen molar-refractivity contribution in [1.29, 1.82) is 0 Å². The maximum absolute atomic E-state index is 11.5. The number of hydrogen-bond donors (Lipinski definition) is 0. The molecule has 0 amide bonds. The molecular formula is C11H13ClO6S. The van der Waals surface area contributed by atoms with Gasteiger partial charge in [0, 0.05) is 16.2 Å². The fourth-order valence-corrected chi connectivity index (χ4v) is 2.51. The first-order chi connectivity index (χ1) is 8.82. The molecule has 0 saturated heterocycles. The molecule has 0 aliphatic carbocycles. The van der Waals surface area contributed by atoms with Crippen LogP contribution in [0.2, 0.25) is 0 Å². The van der Waals surface area contributed by atoms with Crippen molar-refractivity contribution in [2.45, 2.75) is 5.75 Å². The van der Waals surface area contributed by atoms with Crippen LogP contribution in [-0.4, -0.2) is 35.7 Å². The third-order valence-electron chi connectivity index (χ3n) is 2.30. The summed E-state index contributed by atoms with van der Waals surface area (Å²) in [5, 5.41) is 0. The number of rotatable bonds is 5.